The summed E-state index contributed by atoms with van der Waals surface area (Å²) >= 11 is 0. The fourth-order valence-electron chi connectivity index (χ4n) is 5.23. The number of nitrogens with zero attached hydrogens (tertiary/aromatic N) is 3. The standard InChI is InChI=1S/C26H28F3N5O/c1-13(16-6-5-7-17(22(16)27)23(28)29)31-24-19-11-21-20(10-18(19)14(2)32-33-24)26(3,4)25(35)34(21)15-8-9-30-12-15/h5-7,10-11,13,15,23,30H,8-9,12H2,1-4H3,(H,31,33)/t13-,15+/m1/s1. The number of benzene rings is 2. The number of anilines is 2. The Kier molecular flexibility index (Phi) is 5.70. The number of amides is 1. The molecule has 1 saturated heterocycles. The highest BCUT2D eigenvalue weighted by Crippen LogP contribution is 2.46. The highest BCUT2D eigenvalue weighted by atomic mass is 19.3. The topological polar surface area (TPSA) is 70.2 Å². The number of fused-ring (bicyclic) bond motifs is 2. The van der Waals surface area contributed by atoms with Gasteiger partial charge in [0.15, 0.2) is 5.82 Å². The molecule has 5 rings (SSSR count). The molecule has 1 amide bonds. The van der Waals surface area contributed by atoms with E-state index in [1.165, 1.54) is 12.1 Å². The number of halogens is 3. The van der Waals surface area contributed by atoms with E-state index in [-0.39, 0.29) is 17.5 Å². The zero-order chi connectivity index (χ0) is 25.1. The molecule has 3 heterocycles. The van der Waals surface area contributed by atoms with E-state index >= 15 is 0 Å². The van der Waals surface area contributed by atoms with E-state index in [1.807, 2.05) is 37.8 Å². The van der Waals surface area contributed by atoms with Gasteiger partial charge in [0.25, 0.3) is 6.43 Å². The number of hydrogen-bond acceptors (Lipinski definition) is 5. The SMILES string of the molecule is Cc1nnc(N[C@H](C)c2cccc(C(F)F)c2F)c2cc3c(cc12)C(C)(C)C(=O)N3[C@H]1CCNC1. The molecule has 0 saturated carbocycles. The van der Waals surface area contributed by atoms with E-state index in [4.69, 9.17) is 0 Å². The first kappa shape index (κ1) is 23.5. The molecule has 3 aromatic rings. The van der Waals surface area contributed by atoms with Crippen molar-refractivity contribution in [1.82, 2.24) is 15.5 Å². The minimum absolute atomic E-state index is 0.0591. The van der Waals surface area contributed by atoms with Gasteiger partial charge in [-0.05, 0) is 58.4 Å². The fourth-order valence-corrected chi connectivity index (χ4v) is 5.23. The Hall–Kier alpha value is -3.20. The summed E-state index contributed by atoms with van der Waals surface area (Å²) in [5.74, 6) is -0.465. The van der Waals surface area contributed by atoms with E-state index in [9.17, 15) is 18.0 Å². The van der Waals surface area contributed by atoms with Crippen LogP contribution in [-0.2, 0) is 10.2 Å². The van der Waals surface area contributed by atoms with Crippen LogP contribution in [0.1, 0.15) is 62.0 Å². The van der Waals surface area contributed by atoms with E-state index in [1.54, 1.807) is 6.92 Å². The normalized spacial score (nSPS) is 20.1. The van der Waals surface area contributed by atoms with Crippen molar-refractivity contribution in [2.24, 2.45) is 0 Å². The molecule has 1 fully saturated rings. The third kappa shape index (κ3) is 3.73. The molecule has 184 valence electrons. The summed E-state index contributed by atoms with van der Waals surface area (Å²) in [7, 11) is 0. The van der Waals surface area contributed by atoms with Gasteiger partial charge in [-0.2, -0.15) is 5.10 Å². The van der Waals surface area contributed by atoms with Gasteiger partial charge in [-0.3, -0.25) is 4.79 Å². The molecule has 2 aliphatic heterocycles. The van der Waals surface area contributed by atoms with Crippen molar-refractivity contribution in [2.45, 2.75) is 58.0 Å². The van der Waals surface area contributed by atoms with Gasteiger partial charge in [-0.1, -0.05) is 18.2 Å². The maximum Gasteiger partial charge on any atom is 0.266 e. The first-order chi connectivity index (χ1) is 16.6. The lowest BCUT2D eigenvalue weighted by molar-refractivity contribution is -0.122. The molecule has 9 heteroatoms. The highest BCUT2D eigenvalue weighted by molar-refractivity contribution is 6.11. The van der Waals surface area contributed by atoms with Gasteiger partial charge in [0, 0.05) is 28.6 Å². The van der Waals surface area contributed by atoms with E-state index < -0.39 is 29.3 Å². The van der Waals surface area contributed by atoms with Gasteiger partial charge in [-0.25, -0.2) is 13.2 Å². The lowest BCUT2D eigenvalue weighted by Gasteiger charge is -2.26. The highest BCUT2D eigenvalue weighted by Gasteiger charge is 2.47. The number of carbonyl (C=O) groups is 1. The molecule has 6 nitrogen and oxygen atoms in total. The monoisotopic (exact) mass is 483 g/mol. The number of nitrogens with one attached hydrogen (secondary N) is 2. The quantitative estimate of drug-likeness (QED) is 0.524. The van der Waals surface area contributed by atoms with Crippen LogP contribution < -0.4 is 15.5 Å². The smallest absolute Gasteiger partial charge is 0.266 e. The third-order valence-electron chi connectivity index (χ3n) is 7.28. The second kappa shape index (κ2) is 8.48. The Morgan fingerprint density at radius 3 is 2.60 bits per heavy atom. The Labute approximate surface area is 201 Å². The summed E-state index contributed by atoms with van der Waals surface area (Å²) in [6, 6.07) is 7.38. The second-order valence-corrected chi connectivity index (χ2v) is 9.91. The van der Waals surface area contributed by atoms with E-state index in [0.717, 1.165) is 47.6 Å². The van der Waals surface area contributed by atoms with Crippen molar-refractivity contribution in [3.8, 4) is 0 Å². The molecule has 2 N–H and O–H groups in total. The number of aryl methyl sites for hydroxylation is 1. The van der Waals surface area contributed by atoms with E-state index in [0.29, 0.717) is 11.5 Å². The molecule has 0 spiro atoms. The maximum absolute atomic E-state index is 14.8. The number of carbonyl (C=O) groups excluding carboxylic acids is 1. The maximum atomic E-state index is 14.8. The molecular weight excluding hydrogens is 455 g/mol. The largest absolute Gasteiger partial charge is 0.361 e. The molecule has 0 bridgehead atoms. The first-order valence-electron chi connectivity index (χ1n) is 11.8. The van der Waals surface area contributed by atoms with Gasteiger partial charge in [-0.15, -0.1) is 5.10 Å². The van der Waals surface area contributed by atoms with Crippen molar-refractivity contribution in [3.05, 3.63) is 58.5 Å². The van der Waals surface area contributed by atoms with Crippen molar-refractivity contribution in [1.29, 1.82) is 0 Å². The zero-order valence-corrected chi connectivity index (χ0v) is 20.1. The number of aromatic nitrogens is 2. The summed E-state index contributed by atoms with van der Waals surface area (Å²) in [6.07, 6.45) is -2.03. The molecule has 0 unspecified atom stereocenters. The van der Waals surface area contributed by atoms with Gasteiger partial charge in [0.1, 0.15) is 5.82 Å². The van der Waals surface area contributed by atoms with Crippen LogP contribution in [0.3, 0.4) is 0 Å². The van der Waals surface area contributed by atoms with Crippen molar-refractivity contribution < 1.29 is 18.0 Å². The van der Waals surface area contributed by atoms with Crippen LogP contribution in [0, 0.1) is 12.7 Å². The summed E-state index contributed by atoms with van der Waals surface area (Å²) in [6.45, 7) is 9.00. The predicted molar refractivity (Wildman–Crippen MR) is 129 cm³/mol. The predicted octanol–water partition coefficient (Wildman–Crippen LogP) is 5.17. The van der Waals surface area contributed by atoms with Gasteiger partial charge < -0.3 is 15.5 Å². The van der Waals surface area contributed by atoms with Crippen LogP contribution in [0.25, 0.3) is 10.8 Å². The molecule has 1 aromatic heterocycles. The second-order valence-electron chi connectivity index (χ2n) is 9.91. The van der Waals surface area contributed by atoms with Crippen molar-refractivity contribution in [3.63, 3.8) is 0 Å². The summed E-state index contributed by atoms with van der Waals surface area (Å²) in [5, 5.41) is 16.7. The average Bonchev–Trinajstić information content (AvgIpc) is 3.40. The molecule has 2 aliphatic rings. The number of alkyl halides is 2. The number of hydrogen-bond donors (Lipinski definition) is 2. The molecule has 35 heavy (non-hydrogen) atoms. The third-order valence-corrected chi connectivity index (χ3v) is 7.28. The summed E-state index contributed by atoms with van der Waals surface area (Å²) < 4.78 is 41.2. The van der Waals surface area contributed by atoms with E-state index in [2.05, 4.69) is 20.8 Å². The van der Waals surface area contributed by atoms with Gasteiger partial charge in [0.2, 0.25) is 5.91 Å². The van der Waals surface area contributed by atoms with Crippen LogP contribution in [0.2, 0.25) is 0 Å². The Bertz CT molecular complexity index is 1320. The lowest BCUT2D eigenvalue weighted by atomic mass is 9.85. The van der Waals surface area contributed by atoms with Crippen molar-refractivity contribution in [2.75, 3.05) is 23.3 Å². The summed E-state index contributed by atoms with van der Waals surface area (Å²) in [5.41, 5.74) is 1.30. The number of rotatable bonds is 5. The van der Waals surface area contributed by atoms with Crippen LogP contribution >= 0.6 is 0 Å². The van der Waals surface area contributed by atoms with Crippen LogP contribution in [0.4, 0.5) is 24.7 Å². The Morgan fingerprint density at radius 1 is 1.17 bits per heavy atom. The first-order valence-corrected chi connectivity index (χ1v) is 11.8. The van der Waals surface area contributed by atoms with Gasteiger partial charge >= 0.3 is 0 Å². The average molecular weight is 484 g/mol. The molecule has 0 radical (unpaired) electrons. The fraction of sp³-hybridized carbons (Fsp3) is 0.423. The molecular formula is C26H28F3N5O. The van der Waals surface area contributed by atoms with Crippen LogP contribution in [-0.4, -0.2) is 35.2 Å². The summed E-state index contributed by atoms with van der Waals surface area (Å²) in [4.78, 5) is 15.3. The van der Waals surface area contributed by atoms with Crippen molar-refractivity contribution >= 4 is 28.2 Å². The minimum Gasteiger partial charge on any atom is -0.361 e. The molecule has 2 atom stereocenters. The van der Waals surface area contributed by atoms with Crippen LogP contribution in [0.5, 0.6) is 0 Å². The minimum atomic E-state index is -2.90. The molecule has 0 aliphatic carbocycles. The molecule has 2 aromatic carbocycles. The van der Waals surface area contributed by atoms with Crippen LogP contribution in [0.15, 0.2) is 30.3 Å². The van der Waals surface area contributed by atoms with Gasteiger partial charge in [0.05, 0.1) is 28.8 Å². The lowest BCUT2D eigenvalue weighted by Crippen LogP contribution is -2.43. The Morgan fingerprint density at radius 2 is 1.91 bits per heavy atom. The Balaban J connectivity index is 1.60. The zero-order valence-electron chi connectivity index (χ0n) is 20.1.